The fraction of sp³-hybridized carbons (Fsp3) is 1.00. The minimum atomic E-state index is -1.26. The fourth-order valence-electron chi connectivity index (χ4n) is 12.2. The molecule has 22 unspecified atom stereocenters. The van der Waals surface area contributed by atoms with Crippen molar-refractivity contribution in [3.63, 3.8) is 0 Å². The van der Waals surface area contributed by atoms with Gasteiger partial charge in [-0.25, -0.2) is 0 Å². The van der Waals surface area contributed by atoms with Crippen molar-refractivity contribution >= 4 is 0 Å². The summed E-state index contributed by atoms with van der Waals surface area (Å²) in [5.41, 5.74) is 0. The van der Waals surface area contributed by atoms with E-state index in [1.807, 2.05) is 0 Å². The molecule has 8 fully saturated rings. The van der Waals surface area contributed by atoms with Gasteiger partial charge in [-0.2, -0.15) is 0 Å². The van der Waals surface area contributed by atoms with Crippen LogP contribution in [-0.4, -0.2) is 153 Å². The topological polar surface area (TPSA) is 206 Å². The monoisotopic (exact) mass is 913 g/mol. The quantitative estimate of drug-likeness (QED) is 0.113. The second-order valence-electron chi connectivity index (χ2n) is 20.7. The molecule has 0 saturated carbocycles. The highest BCUT2D eigenvalue weighted by Gasteiger charge is 2.49. The summed E-state index contributed by atoms with van der Waals surface area (Å²) >= 11 is 0. The van der Waals surface area contributed by atoms with Gasteiger partial charge in [0, 0.05) is 48.1 Å². The number of hydrogen-bond donors (Lipinski definition) is 10. The molecule has 0 radical (unpaired) electrons. The summed E-state index contributed by atoms with van der Waals surface area (Å²) in [7, 11) is 0. The standard InChI is InChI=1S/2C13H25NO.2C12H23NO4/c1-4-6-7-10-8-11-12(5-2)15-9(3)13(11)14-10;1-4-6-7-10-8-11-9(3)15-12(5-2)13(11)14-10;2*1-2-3-4-7-5-6-8-9(13-7)10(14)11(15)12(16)17-8/h2*9-14H,4-8H2,1-3H3;2*7-16H,2-6H2,1H3. The Morgan fingerprint density at radius 1 is 0.406 bits per heavy atom. The molecule has 0 aromatic carbocycles. The lowest BCUT2D eigenvalue weighted by atomic mass is 9.86. The van der Waals surface area contributed by atoms with E-state index < -0.39 is 37.0 Å². The normalized spacial score (nSPS) is 45.7. The van der Waals surface area contributed by atoms with E-state index in [0.717, 1.165) is 94.5 Å². The molecule has 0 aliphatic carbocycles. The van der Waals surface area contributed by atoms with Crippen molar-refractivity contribution in [1.29, 1.82) is 0 Å². The third-order valence-corrected chi connectivity index (χ3v) is 16.0. The lowest BCUT2D eigenvalue weighted by Gasteiger charge is -2.46. The first kappa shape index (κ1) is 54.4. The first-order valence-corrected chi connectivity index (χ1v) is 26.5. The van der Waals surface area contributed by atoms with Crippen LogP contribution in [0.4, 0.5) is 0 Å². The highest BCUT2D eigenvalue weighted by molar-refractivity contribution is 5.03. The maximum Gasteiger partial charge on any atom is 0.183 e. The van der Waals surface area contributed by atoms with Gasteiger partial charge >= 0.3 is 0 Å². The van der Waals surface area contributed by atoms with Crippen LogP contribution in [0, 0.1) is 11.8 Å². The predicted octanol–water partition coefficient (Wildman–Crippen LogP) is 4.91. The maximum absolute atomic E-state index is 9.93. The Morgan fingerprint density at radius 2 is 0.797 bits per heavy atom. The summed E-state index contributed by atoms with van der Waals surface area (Å²) < 4.78 is 22.6. The van der Waals surface area contributed by atoms with Crippen molar-refractivity contribution in [2.45, 2.75) is 306 Å². The van der Waals surface area contributed by atoms with Gasteiger partial charge in [0.2, 0.25) is 0 Å². The van der Waals surface area contributed by atoms with Gasteiger partial charge in [0.05, 0.1) is 48.7 Å². The van der Waals surface area contributed by atoms with Crippen molar-refractivity contribution in [1.82, 2.24) is 21.3 Å². The summed E-state index contributed by atoms with van der Waals surface area (Å²) in [5.74, 6) is 1.56. The molecule has 8 aliphatic heterocycles. The average Bonchev–Trinajstić information content (AvgIpc) is 4.07. The Hall–Kier alpha value is -0.560. The lowest BCUT2D eigenvalue weighted by molar-refractivity contribution is -0.264. The highest BCUT2D eigenvalue weighted by atomic mass is 16.6. The van der Waals surface area contributed by atoms with E-state index in [-0.39, 0.29) is 24.3 Å². The van der Waals surface area contributed by atoms with Gasteiger partial charge in [0.15, 0.2) is 12.6 Å². The van der Waals surface area contributed by atoms with E-state index in [4.69, 9.17) is 18.9 Å². The number of aliphatic hydroxyl groups excluding tert-OH is 6. The highest BCUT2D eigenvalue weighted by Crippen LogP contribution is 2.39. The zero-order valence-electron chi connectivity index (χ0n) is 41.2. The molecule has 14 heteroatoms. The Morgan fingerprint density at radius 3 is 1.23 bits per heavy atom. The Bertz CT molecular complexity index is 1190. The van der Waals surface area contributed by atoms with Crippen molar-refractivity contribution in [2.24, 2.45) is 11.8 Å². The Balaban J connectivity index is 0.000000161. The molecular weight excluding hydrogens is 817 g/mol. The van der Waals surface area contributed by atoms with Crippen LogP contribution < -0.4 is 21.3 Å². The molecule has 8 heterocycles. The molecule has 8 saturated heterocycles. The van der Waals surface area contributed by atoms with E-state index >= 15 is 0 Å². The first-order valence-electron chi connectivity index (χ1n) is 26.5. The molecule has 0 aromatic rings. The Labute approximate surface area is 387 Å². The molecule has 0 amide bonds. The number of nitrogens with one attached hydrogen (secondary N) is 4. The number of ether oxygens (including phenoxy) is 4. The van der Waals surface area contributed by atoms with E-state index in [1.165, 1.54) is 57.8 Å². The van der Waals surface area contributed by atoms with Crippen molar-refractivity contribution in [3.8, 4) is 0 Å². The van der Waals surface area contributed by atoms with E-state index in [9.17, 15) is 30.6 Å². The van der Waals surface area contributed by atoms with Gasteiger partial charge in [-0.05, 0) is 90.9 Å². The van der Waals surface area contributed by atoms with Crippen molar-refractivity contribution in [2.75, 3.05) is 0 Å². The van der Waals surface area contributed by atoms with Gasteiger partial charge in [0.25, 0.3) is 0 Å². The molecule has 376 valence electrons. The molecule has 8 aliphatic rings. The number of unbranched alkanes of at least 4 members (excludes halogenated alkanes) is 4. The molecule has 0 bridgehead atoms. The van der Waals surface area contributed by atoms with E-state index in [0.29, 0.717) is 48.6 Å². The van der Waals surface area contributed by atoms with Crippen LogP contribution in [0.15, 0.2) is 0 Å². The van der Waals surface area contributed by atoms with Gasteiger partial charge in [-0.15, -0.1) is 0 Å². The molecule has 0 aromatic heterocycles. The van der Waals surface area contributed by atoms with E-state index in [2.05, 4.69) is 76.7 Å². The van der Waals surface area contributed by atoms with Crippen LogP contribution in [-0.2, 0) is 18.9 Å². The number of fused-ring (bicyclic) bond motifs is 4. The van der Waals surface area contributed by atoms with Crippen LogP contribution in [0.5, 0.6) is 0 Å². The van der Waals surface area contributed by atoms with Gasteiger partial charge in [0.1, 0.15) is 24.4 Å². The van der Waals surface area contributed by atoms with Gasteiger partial charge in [-0.1, -0.05) is 92.9 Å². The minimum absolute atomic E-state index is 0.193. The SMILES string of the molecule is CCCCC1CC2C(C)OC(CC)C2N1.CCCCC1CC2C(CC)OC(C)C2N1.CCCCC1CCC2OC(O)C(O)C(O)C2N1.CCCCC1CCC2OC(O)C(O)C(O)C2N1. The number of aliphatic hydroxyl groups is 6. The smallest absolute Gasteiger partial charge is 0.183 e. The summed E-state index contributed by atoms with van der Waals surface area (Å²) in [5, 5.41) is 72.2. The first-order chi connectivity index (χ1) is 30.8. The third-order valence-electron chi connectivity index (χ3n) is 16.0. The predicted molar refractivity (Wildman–Crippen MR) is 251 cm³/mol. The third kappa shape index (κ3) is 14.3. The Kier molecular flexibility index (Phi) is 22.9. The zero-order chi connectivity index (χ0) is 46.5. The molecule has 64 heavy (non-hydrogen) atoms. The minimum Gasteiger partial charge on any atom is -0.388 e. The van der Waals surface area contributed by atoms with Crippen molar-refractivity contribution in [3.05, 3.63) is 0 Å². The van der Waals surface area contributed by atoms with Gasteiger partial charge in [-0.3, -0.25) is 0 Å². The second-order valence-corrected chi connectivity index (χ2v) is 20.7. The number of rotatable bonds is 14. The van der Waals surface area contributed by atoms with Gasteiger partial charge < -0.3 is 70.9 Å². The summed E-state index contributed by atoms with van der Waals surface area (Å²) in [6.07, 6.45) is 18.2. The average molecular weight is 913 g/mol. The van der Waals surface area contributed by atoms with E-state index in [1.54, 1.807) is 0 Å². The molecule has 0 spiro atoms. The van der Waals surface area contributed by atoms with Crippen LogP contribution in [0.1, 0.15) is 184 Å². The summed E-state index contributed by atoms with van der Waals surface area (Å²) in [4.78, 5) is 0. The summed E-state index contributed by atoms with van der Waals surface area (Å²) in [6.45, 7) is 17.8. The molecule has 8 rings (SSSR count). The van der Waals surface area contributed by atoms with Crippen LogP contribution in [0.2, 0.25) is 0 Å². The van der Waals surface area contributed by atoms with Crippen LogP contribution in [0.3, 0.4) is 0 Å². The van der Waals surface area contributed by atoms with Crippen molar-refractivity contribution < 1.29 is 49.6 Å². The molecule has 22 atom stereocenters. The van der Waals surface area contributed by atoms with Crippen LogP contribution >= 0.6 is 0 Å². The van der Waals surface area contributed by atoms with Crippen LogP contribution in [0.25, 0.3) is 0 Å². The largest absolute Gasteiger partial charge is 0.388 e. The maximum atomic E-state index is 9.93. The number of hydrogen-bond acceptors (Lipinski definition) is 14. The zero-order valence-corrected chi connectivity index (χ0v) is 41.2. The fourth-order valence-corrected chi connectivity index (χ4v) is 12.2. The lowest BCUT2D eigenvalue weighted by Crippen LogP contribution is -2.66. The molecule has 14 nitrogen and oxygen atoms in total. The molecular formula is C50H96N4O10. The molecule has 10 N–H and O–H groups in total. The number of piperidine rings is 2. The summed E-state index contributed by atoms with van der Waals surface area (Å²) in [6, 6.07) is 3.06. The second kappa shape index (κ2) is 27.0.